The van der Waals surface area contributed by atoms with Gasteiger partial charge in [0.1, 0.15) is 0 Å². The van der Waals surface area contributed by atoms with Gasteiger partial charge in [-0.2, -0.15) is 0 Å². The van der Waals surface area contributed by atoms with E-state index in [1.54, 1.807) is 0 Å². The third kappa shape index (κ3) is 4.70. The molecule has 1 atom stereocenters. The number of hydrogen-bond donors (Lipinski definition) is 2. The number of carbonyl (C=O) groups is 3. The fourth-order valence-electron chi connectivity index (χ4n) is 3.96. The largest absolute Gasteiger partial charge is 0.478 e. The Morgan fingerprint density at radius 1 is 1.15 bits per heavy atom. The van der Waals surface area contributed by atoms with Crippen LogP contribution < -0.4 is 5.32 Å². The van der Waals surface area contributed by atoms with Crippen molar-refractivity contribution in [3.05, 3.63) is 70.9 Å². The van der Waals surface area contributed by atoms with Crippen molar-refractivity contribution in [2.75, 3.05) is 18.4 Å². The average Bonchev–Trinajstić information content (AvgIpc) is 2.82. The molecule has 170 valence electrons. The molecule has 8 heteroatoms. The van der Waals surface area contributed by atoms with Gasteiger partial charge in [-0.05, 0) is 43.8 Å². The summed E-state index contributed by atoms with van der Waals surface area (Å²) in [5.41, 5.74) is 3.45. The van der Waals surface area contributed by atoms with Crippen LogP contribution in [0, 0.1) is 0 Å². The highest BCUT2D eigenvalue weighted by atomic mass is 16.5. The molecule has 0 saturated heterocycles. The molecule has 1 aliphatic heterocycles. The van der Waals surface area contributed by atoms with Crippen molar-refractivity contribution in [2.45, 2.75) is 32.9 Å². The monoisotopic (exact) mass is 447 g/mol. The van der Waals surface area contributed by atoms with Crippen LogP contribution in [0.15, 0.2) is 48.5 Å². The van der Waals surface area contributed by atoms with Gasteiger partial charge in [-0.1, -0.05) is 25.1 Å². The molecule has 2 N–H and O–H groups in total. The molecule has 3 aromatic rings. The summed E-state index contributed by atoms with van der Waals surface area (Å²) in [6, 6.07) is 13.2. The number of pyridine rings is 1. The number of benzene rings is 2. The fourth-order valence-corrected chi connectivity index (χ4v) is 3.96. The third-order valence-electron chi connectivity index (χ3n) is 5.83. The molecular weight excluding hydrogens is 422 g/mol. The lowest BCUT2D eigenvalue weighted by molar-refractivity contribution is -0.123. The predicted octanol–water partition coefficient (Wildman–Crippen LogP) is 3.50. The van der Waals surface area contributed by atoms with Crippen LogP contribution in [0.5, 0.6) is 0 Å². The zero-order valence-electron chi connectivity index (χ0n) is 18.5. The normalized spacial score (nSPS) is 14.4. The summed E-state index contributed by atoms with van der Waals surface area (Å²) in [5, 5.41) is 12.3. The Kier molecular flexibility index (Phi) is 6.37. The second kappa shape index (κ2) is 9.38. The van der Waals surface area contributed by atoms with E-state index >= 15 is 0 Å². The van der Waals surface area contributed by atoms with Crippen molar-refractivity contribution in [3.63, 3.8) is 0 Å². The van der Waals surface area contributed by atoms with Gasteiger partial charge in [0.25, 0.3) is 5.91 Å². The van der Waals surface area contributed by atoms with Gasteiger partial charge in [-0.3, -0.25) is 14.7 Å². The van der Waals surface area contributed by atoms with Gasteiger partial charge >= 0.3 is 11.9 Å². The molecular formula is C25H25N3O5. The van der Waals surface area contributed by atoms with Crippen LogP contribution >= 0.6 is 0 Å². The molecule has 1 aliphatic rings. The highest BCUT2D eigenvalue weighted by Gasteiger charge is 2.28. The molecule has 2 aromatic carbocycles. The summed E-state index contributed by atoms with van der Waals surface area (Å²) < 4.78 is 5.58. The fraction of sp³-hybridized carbons (Fsp3) is 0.280. The van der Waals surface area contributed by atoms with Crippen LogP contribution in [-0.2, 0) is 22.5 Å². The number of anilines is 1. The lowest BCUT2D eigenvalue weighted by Gasteiger charge is -2.29. The molecule has 4 rings (SSSR count). The molecule has 0 saturated carbocycles. The van der Waals surface area contributed by atoms with Gasteiger partial charge in [-0.25, -0.2) is 9.59 Å². The molecule has 0 bridgehead atoms. The number of esters is 1. The second-order valence-electron chi connectivity index (χ2n) is 7.97. The minimum absolute atomic E-state index is 0.114. The standard InChI is InChI=1S/C25H25N3O5/c1-3-28-13-12-21-19(14-28)22(18-6-4-5-7-20(18)27-21)25(32)33-15(2)23(29)26-17-10-8-16(9-11-17)24(30)31/h4-11,15H,3,12-14H2,1-2H3,(H,26,29)(H,30,31). The minimum Gasteiger partial charge on any atom is -0.478 e. The van der Waals surface area contributed by atoms with E-state index in [9.17, 15) is 14.4 Å². The number of aromatic carboxylic acids is 1. The van der Waals surface area contributed by atoms with Gasteiger partial charge in [0.15, 0.2) is 6.10 Å². The maximum Gasteiger partial charge on any atom is 0.339 e. The summed E-state index contributed by atoms with van der Waals surface area (Å²) >= 11 is 0. The Morgan fingerprint density at radius 2 is 1.88 bits per heavy atom. The topological polar surface area (TPSA) is 109 Å². The number of carboxylic acids is 1. The molecule has 0 spiro atoms. The molecule has 1 amide bonds. The number of para-hydroxylation sites is 1. The number of fused-ring (bicyclic) bond motifs is 2. The number of carbonyl (C=O) groups excluding carboxylic acids is 2. The number of hydrogen-bond acceptors (Lipinski definition) is 6. The van der Waals surface area contributed by atoms with E-state index in [4.69, 9.17) is 14.8 Å². The maximum atomic E-state index is 13.3. The van der Waals surface area contributed by atoms with Crippen LogP contribution in [0.3, 0.4) is 0 Å². The summed E-state index contributed by atoms with van der Waals surface area (Å²) in [6.45, 7) is 5.92. The van der Waals surface area contributed by atoms with E-state index in [1.165, 1.54) is 31.2 Å². The zero-order chi connectivity index (χ0) is 23.5. The number of nitrogens with one attached hydrogen (secondary N) is 1. The first-order chi connectivity index (χ1) is 15.9. The van der Waals surface area contributed by atoms with Crippen LogP contribution in [-0.4, -0.2) is 52.0 Å². The van der Waals surface area contributed by atoms with Gasteiger partial charge in [0.2, 0.25) is 0 Å². The zero-order valence-corrected chi connectivity index (χ0v) is 18.5. The first kappa shape index (κ1) is 22.4. The highest BCUT2D eigenvalue weighted by Crippen LogP contribution is 2.29. The molecule has 8 nitrogen and oxygen atoms in total. The van der Waals surface area contributed by atoms with Crippen molar-refractivity contribution >= 4 is 34.4 Å². The van der Waals surface area contributed by atoms with Crippen LogP contribution in [0.2, 0.25) is 0 Å². The Bertz CT molecular complexity index is 1220. The Balaban J connectivity index is 1.57. The average molecular weight is 447 g/mol. The van der Waals surface area contributed by atoms with E-state index < -0.39 is 23.9 Å². The number of carboxylic acid groups (broad SMARTS) is 1. The van der Waals surface area contributed by atoms with E-state index in [0.717, 1.165) is 36.3 Å². The number of nitrogens with zero attached hydrogens (tertiary/aromatic N) is 2. The first-order valence-corrected chi connectivity index (χ1v) is 10.9. The molecule has 33 heavy (non-hydrogen) atoms. The molecule has 1 unspecified atom stereocenters. The smallest absolute Gasteiger partial charge is 0.339 e. The van der Waals surface area contributed by atoms with Crippen molar-refractivity contribution in [3.8, 4) is 0 Å². The van der Waals surface area contributed by atoms with Gasteiger partial charge in [-0.15, -0.1) is 0 Å². The van der Waals surface area contributed by atoms with Crippen LogP contribution in [0.1, 0.15) is 45.8 Å². The van der Waals surface area contributed by atoms with E-state index in [-0.39, 0.29) is 5.56 Å². The minimum atomic E-state index is -1.05. The van der Waals surface area contributed by atoms with Gasteiger partial charge in [0, 0.05) is 41.8 Å². The van der Waals surface area contributed by atoms with Crippen LogP contribution in [0.25, 0.3) is 10.9 Å². The first-order valence-electron chi connectivity index (χ1n) is 10.9. The lowest BCUT2D eigenvalue weighted by atomic mass is 9.95. The quantitative estimate of drug-likeness (QED) is 0.557. The van der Waals surface area contributed by atoms with E-state index in [2.05, 4.69) is 17.1 Å². The maximum absolute atomic E-state index is 13.3. The van der Waals surface area contributed by atoms with E-state index in [1.807, 2.05) is 24.3 Å². The number of ether oxygens (including phenoxy) is 1. The van der Waals surface area contributed by atoms with Crippen molar-refractivity contribution < 1.29 is 24.2 Å². The molecule has 0 radical (unpaired) electrons. The van der Waals surface area contributed by atoms with Crippen molar-refractivity contribution in [1.29, 1.82) is 0 Å². The summed E-state index contributed by atoms with van der Waals surface area (Å²) in [4.78, 5) is 43.9. The number of amides is 1. The Morgan fingerprint density at radius 3 is 2.58 bits per heavy atom. The molecule has 1 aromatic heterocycles. The summed E-state index contributed by atoms with van der Waals surface area (Å²) in [5.74, 6) is -2.12. The number of aromatic nitrogens is 1. The summed E-state index contributed by atoms with van der Waals surface area (Å²) in [6.07, 6.45) is -0.304. The summed E-state index contributed by atoms with van der Waals surface area (Å²) in [7, 11) is 0. The number of rotatable bonds is 6. The van der Waals surface area contributed by atoms with Crippen molar-refractivity contribution in [2.24, 2.45) is 0 Å². The Labute approximate surface area is 191 Å². The Hall–Kier alpha value is -3.78. The van der Waals surface area contributed by atoms with Crippen LogP contribution in [0.4, 0.5) is 5.69 Å². The molecule has 0 fully saturated rings. The molecule has 0 aliphatic carbocycles. The van der Waals surface area contributed by atoms with Crippen molar-refractivity contribution in [1.82, 2.24) is 9.88 Å². The lowest BCUT2D eigenvalue weighted by Crippen LogP contribution is -2.34. The van der Waals surface area contributed by atoms with E-state index in [0.29, 0.717) is 23.2 Å². The number of likely N-dealkylation sites (N-methyl/N-ethyl adjacent to an activating group) is 1. The van der Waals surface area contributed by atoms with Gasteiger partial charge in [0.05, 0.1) is 16.6 Å². The third-order valence-corrected chi connectivity index (χ3v) is 5.83. The predicted molar refractivity (Wildman–Crippen MR) is 123 cm³/mol. The molecule has 2 heterocycles. The second-order valence-corrected chi connectivity index (χ2v) is 7.97. The van der Waals surface area contributed by atoms with Gasteiger partial charge < -0.3 is 15.2 Å². The highest BCUT2D eigenvalue weighted by molar-refractivity contribution is 6.06. The SMILES string of the molecule is CCN1CCc2nc3ccccc3c(C(=O)OC(C)C(=O)Nc3ccc(C(=O)O)cc3)c2C1.